The Bertz CT molecular complexity index is 853. The second-order valence-corrected chi connectivity index (χ2v) is 6.98. The molecule has 0 aromatic heterocycles. The molecule has 0 radical (unpaired) electrons. The van der Waals surface area contributed by atoms with Gasteiger partial charge in [0.2, 0.25) is 0 Å². The van der Waals surface area contributed by atoms with Crippen molar-refractivity contribution in [3.8, 4) is 17.2 Å². The monoisotopic (exact) mass is 376 g/mol. The molecule has 1 heterocycles. The number of likely N-dealkylation sites (tertiary alicyclic amines) is 1. The van der Waals surface area contributed by atoms with Crippen molar-refractivity contribution < 1.29 is 14.3 Å². The van der Waals surface area contributed by atoms with E-state index >= 15 is 0 Å². The fraction of sp³-hybridized carbons (Fsp3) is 0.348. The first-order valence-electron chi connectivity index (χ1n) is 9.62. The summed E-state index contributed by atoms with van der Waals surface area (Å²) in [5, 5.41) is 8.91. The molecule has 5 nitrogen and oxygen atoms in total. The Morgan fingerprint density at radius 2 is 1.86 bits per heavy atom. The maximum Gasteiger partial charge on any atom is 0.310 e. The quantitative estimate of drug-likeness (QED) is 0.567. The lowest BCUT2D eigenvalue weighted by Gasteiger charge is -2.35. The number of nitrogens with zero attached hydrogens (tertiary/aromatic N) is 2. The van der Waals surface area contributed by atoms with Crippen LogP contribution in [0.25, 0.3) is 11.1 Å². The molecular weight excluding hydrogens is 352 g/mol. The molecule has 0 N–H and O–H groups in total. The third-order valence-corrected chi connectivity index (χ3v) is 5.19. The zero-order valence-electron chi connectivity index (χ0n) is 16.0. The smallest absolute Gasteiger partial charge is 0.310 e. The van der Waals surface area contributed by atoms with E-state index < -0.39 is 0 Å². The summed E-state index contributed by atoms with van der Waals surface area (Å²) >= 11 is 0. The molecule has 5 heteroatoms. The minimum Gasteiger partial charge on any atom is -0.466 e. The lowest BCUT2D eigenvalue weighted by atomic mass is 9.94. The van der Waals surface area contributed by atoms with E-state index in [0.717, 1.165) is 42.4 Å². The largest absolute Gasteiger partial charge is 0.466 e. The highest BCUT2D eigenvalue weighted by Gasteiger charge is 2.31. The van der Waals surface area contributed by atoms with Gasteiger partial charge in [0.25, 0.3) is 0 Å². The number of hydrogen-bond acceptors (Lipinski definition) is 5. The number of ether oxygens (including phenoxy) is 1. The first-order chi connectivity index (χ1) is 13.7. The number of carbonyl (C=O) groups excluding carboxylic acids is 2. The van der Waals surface area contributed by atoms with Crippen molar-refractivity contribution in [3.63, 3.8) is 0 Å². The molecule has 0 spiro atoms. The summed E-state index contributed by atoms with van der Waals surface area (Å²) in [5.41, 5.74) is 3.59. The van der Waals surface area contributed by atoms with Crippen molar-refractivity contribution in [2.75, 3.05) is 19.7 Å². The van der Waals surface area contributed by atoms with Gasteiger partial charge in [0.05, 0.1) is 30.2 Å². The minimum atomic E-state index is -0.368. The van der Waals surface area contributed by atoms with Crippen LogP contribution in [0.5, 0.6) is 0 Å². The van der Waals surface area contributed by atoms with Crippen LogP contribution >= 0.6 is 0 Å². The maximum atomic E-state index is 12.1. The van der Waals surface area contributed by atoms with Crippen molar-refractivity contribution in [3.05, 3.63) is 59.7 Å². The second kappa shape index (κ2) is 9.29. The van der Waals surface area contributed by atoms with Crippen LogP contribution in [0.2, 0.25) is 0 Å². The molecule has 2 atom stereocenters. The topological polar surface area (TPSA) is 70.4 Å². The van der Waals surface area contributed by atoms with Gasteiger partial charge in [0.1, 0.15) is 6.29 Å². The van der Waals surface area contributed by atoms with Gasteiger partial charge in [-0.15, -0.1) is 0 Å². The van der Waals surface area contributed by atoms with Gasteiger partial charge in [-0.05, 0) is 55.1 Å². The Morgan fingerprint density at radius 3 is 2.43 bits per heavy atom. The van der Waals surface area contributed by atoms with Gasteiger partial charge in [-0.1, -0.05) is 36.4 Å². The number of hydrogen-bond donors (Lipinski definition) is 0. The van der Waals surface area contributed by atoms with Gasteiger partial charge in [0, 0.05) is 6.54 Å². The van der Waals surface area contributed by atoms with Crippen molar-refractivity contribution in [1.29, 1.82) is 5.26 Å². The average molecular weight is 376 g/mol. The zero-order chi connectivity index (χ0) is 19.9. The van der Waals surface area contributed by atoms with E-state index in [4.69, 9.17) is 10.00 Å². The molecule has 1 aliphatic heterocycles. The molecule has 1 fully saturated rings. The van der Waals surface area contributed by atoms with Crippen molar-refractivity contribution in [1.82, 2.24) is 4.90 Å². The number of nitriles is 1. The van der Waals surface area contributed by atoms with E-state index in [-0.39, 0.29) is 17.9 Å². The van der Waals surface area contributed by atoms with Crippen LogP contribution in [0.4, 0.5) is 0 Å². The summed E-state index contributed by atoms with van der Waals surface area (Å²) in [6.07, 6.45) is 2.62. The second-order valence-electron chi connectivity index (χ2n) is 6.98. The molecule has 144 valence electrons. The lowest BCUT2D eigenvalue weighted by molar-refractivity contribution is -0.150. The van der Waals surface area contributed by atoms with Crippen LogP contribution < -0.4 is 0 Å². The summed E-state index contributed by atoms with van der Waals surface area (Å²) in [6, 6.07) is 17.1. The zero-order valence-corrected chi connectivity index (χ0v) is 16.0. The summed E-state index contributed by atoms with van der Waals surface area (Å²) in [6.45, 7) is 3.52. The molecule has 1 saturated heterocycles. The number of piperidine rings is 1. The van der Waals surface area contributed by atoms with Crippen LogP contribution in [-0.2, 0) is 14.3 Å². The number of benzene rings is 2. The van der Waals surface area contributed by atoms with Crippen LogP contribution in [-0.4, -0.2) is 36.9 Å². The molecule has 3 rings (SSSR count). The normalized spacial score (nSPS) is 18.1. The fourth-order valence-electron chi connectivity index (χ4n) is 3.70. The minimum absolute atomic E-state index is 0.172. The summed E-state index contributed by atoms with van der Waals surface area (Å²) < 4.78 is 5.16. The molecule has 2 aromatic rings. The molecular formula is C23H24N2O3. The van der Waals surface area contributed by atoms with Gasteiger partial charge >= 0.3 is 5.97 Å². The maximum absolute atomic E-state index is 12.1. The van der Waals surface area contributed by atoms with Crippen LogP contribution in [0.1, 0.15) is 36.9 Å². The van der Waals surface area contributed by atoms with Gasteiger partial charge in [0.15, 0.2) is 0 Å². The molecule has 1 aliphatic rings. The molecule has 0 amide bonds. The SMILES string of the molecule is CCOC(=O)C1CCCN(C(C=O)c2ccc(-c3ccc(C#N)cc3)cc2)C1. The van der Waals surface area contributed by atoms with Crippen molar-refractivity contribution in [2.24, 2.45) is 5.92 Å². The molecule has 0 saturated carbocycles. The van der Waals surface area contributed by atoms with Gasteiger partial charge in [-0.3, -0.25) is 9.69 Å². The number of rotatable bonds is 6. The summed E-state index contributed by atoms with van der Waals surface area (Å²) in [4.78, 5) is 26.0. The van der Waals surface area contributed by atoms with Crippen LogP contribution in [0.3, 0.4) is 0 Å². The number of carbonyl (C=O) groups is 2. The van der Waals surface area contributed by atoms with Gasteiger partial charge < -0.3 is 9.53 Å². The Morgan fingerprint density at radius 1 is 1.21 bits per heavy atom. The molecule has 28 heavy (non-hydrogen) atoms. The predicted octanol–water partition coefficient (Wildman–Crippen LogP) is 3.74. The van der Waals surface area contributed by atoms with Gasteiger partial charge in [-0.2, -0.15) is 5.26 Å². The highest BCUT2D eigenvalue weighted by atomic mass is 16.5. The van der Waals surface area contributed by atoms with E-state index in [1.165, 1.54) is 0 Å². The van der Waals surface area contributed by atoms with Crippen molar-refractivity contribution >= 4 is 12.3 Å². The van der Waals surface area contributed by atoms with Crippen LogP contribution in [0, 0.1) is 17.2 Å². The summed E-state index contributed by atoms with van der Waals surface area (Å²) in [5.74, 6) is -0.345. The first kappa shape index (κ1) is 19.8. The van der Waals surface area contributed by atoms with E-state index in [2.05, 4.69) is 11.0 Å². The standard InChI is InChI=1S/C23H24N2O3/c1-2-28-23(27)21-4-3-13-25(15-21)22(16-26)20-11-9-19(10-12-20)18-7-5-17(14-24)6-8-18/h5-12,16,21-22H,2-4,13,15H2,1H3. The lowest BCUT2D eigenvalue weighted by Crippen LogP contribution is -2.42. The van der Waals surface area contributed by atoms with E-state index in [1.807, 2.05) is 43.3 Å². The molecule has 0 bridgehead atoms. The van der Waals surface area contributed by atoms with E-state index in [9.17, 15) is 9.59 Å². The summed E-state index contributed by atoms with van der Waals surface area (Å²) in [7, 11) is 0. The predicted molar refractivity (Wildman–Crippen MR) is 106 cm³/mol. The van der Waals surface area contributed by atoms with Crippen molar-refractivity contribution in [2.45, 2.75) is 25.8 Å². The van der Waals surface area contributed by atoms with Gasteiger partial charge in [-0.25, -0.2) is 0 Å². The Balaban J connectivity index is 1.74. The highest BCUT2D eigenvalue weighted by Crippen LogP contribution is 2.28. The molecule has 2 unspecified atom stereocenters. The Kier molecular flexibility index (Phi) is 6.57. The molecule has 0 aliphatic carbocycles. The highest BCUT2D eigenvalue weighted by molar-refractivity contribution is 5.73. The van der Waals surface area contributed by atoms with E-state index in [0.29, 0.717) is 18.7 Å². The third-order valence-electron chi connectivity index (χ3n) is 5.19. The first-order valence-corrected chi connectivity index (χ1v) is 9.62. The third kappa shape index (κ3) is 4.47. The molecule has 2 aromatic carbocycles. The Hall–Kier alpha value is -2.97. The average Bonchev–Trinajstić information content (AvgIpc) is 2.75. The number of esters is 1. The Labute approximate surface area is 165 Å². The number of aldehydes is 1. The van der Waals surface area contributed by atoms with Crippen LogP contribution in [0.15, 0.2) is 48.5 Å². The fourth-order valence-corrected chi connectivity index (χ4v) is 3.70. The van der Waals surface area contributed by atoms with E-state index in [1.54, 1.807) is 12.1 Å².